The van der Waals surface area contributed by atoms with Crippen molar-refractivity contribution in [1.82, 2.24) is 9.66 Å². The Kier molecular flexibility index (Phi) is 8.86. The van der Waals surface area contributed by atoms with Gasteiger partial charge in [-0.25, -0.2) is 4.98 Å². The number of ether oxygens (including phenoxy) is 2. The number of aromatic nitrogens is 2. The number of nitrogens with zero attached hydrogens (tertiary/aromatic N) is 4. The van der Waals surface area contributed by atoms with Crippen molar-refractivity contribution in [3.63, 3.8) is 0 Å². The lowest BCUT2D eigenvalue weighted by molar-refractivity contribution is 0.267. The number of rotatable bonds is 9. The molecule has 0 spiro atoms. The average molecular weight is 600 g/mol. The Hall–Kier alpha value is -4.22. The van der Waals surface area contributed by atoms with Crippen LogP contribution in [0.15, 0.2) is 81.6 Å². The standard InChI is InChI=1S/C32H31BrN4O3/c1-6-10-22-15-21(16-28(39-7-2)29(22)40-20-24-12-9-8-11-23(24)18-34)19-35-37-30(38)26-17-25(33)13-14-27(26)36-31(37)32(3,4)5/h6,8-9,11-17,19H,1,7,10,20H2,2-5H3. The molecule has 7 nitrogen and oxygen atoms in total. The third-order valence-corrected chi connectivity index (χ3v) is 6.62. The van der Waals surface area contributed by atoms with Crippen LogP contribution in [-0.2, 0) is 18.4 Å². The molecule has 0 aliphatic carbocycles. The molecule has 0 amide bonds. The number of hydrogen-bond donors (Lipinski definition) is 0. The summed E-state index contributed by atoms with van der Waals surface area (Å²) in [5.74, 6) is 1.68. The molecular formula is C32H31BrN4O3. The Morgan fingerprint density at radius 1 is 1.12 bits per heavy atom. The van der Waals surface area contributed by atoms with E-state index in [-0.39, 0.29) is 12.2 Å². The van der Waals surface area contributed by atoms with Gasteiger partial charge in [-0.3, -0.25) is 4.79 Å². The van der Waals surface area contributed by atoms with Gasteiger partial charge in [0.2, 0.25) is 0 Å². The zero-order valence-corrected chi connectivity index (χ0v) is 24.7. The van der Waals surface area contributed by atoms with Crippen molar-refractivity contribution in [3.05, 3.63) is 110 Å². The second kappa shape index (κ2) is 12.3. The van der Waals surface area contributed by atoms with Crippen LogP contribution in [0, 0.1) is 11.3 Å². The molecule has 8 heteroatoms. The topological polar surface area (TPSA) is 89.5 Å². The van der Waals surface area contributed by atoms with Gasteiger partial charge in [0, 0.05) is 21.0 Å². The molecule has 0 atom stereocenters. The minimum atomic E-state index is -0.431. The summed E-state index contributed by atoms with van der Waals surface area (Å²) in [5, 5.41) is 14.5. The normalized spacial score (nSPS) is 11.5. The number of hydrogen-bond acceptors (Lipinski definition) is 6. The van der Waals surface area contributed by atoms with E-state index in [2.05, 4.69) is 33.7 Å². The minimum Gasteiger partial charge on any atom is -0.490 e. The Bertz CT molecular complexity index is 1690. The molecule has 40 heavy (non-hydrogen) atoms. The first-order valence-electron chi connectivity index (χ1n) is 12.9. The predicted octanol–water partition coefficient (Wildman–Crippen LogP) is 6.92. The molecule has 0 aliphatic rings. The van der Waals surface area contributed by atoms with E-state index in [4.69, 9.17) is 14.5 Å². The Labute approximate surface area is 242 Å². The summed E-state index contributed by atoms with van der Waals surface area (Å²) in [6.07, 6.45) is 3.94. The number of halogens is 1. The molecule has 4 aromatic rings. The number of fused-ring (bicyclic) bond motifs is 1. The zero-order valence-electron chi connectivity index (χ0n) is 23.1. The fourth-order valence-corrected chi connectivity index (χ4v) is 4.62. The van der Waals surface area contributed by atoms with Gasteiger partial charge in [-0.1, -0.05) is 61.0 Å². The number of benzene rings is 3. The van der Waals surface area contributed by atoms with Gasteiger partial charge in [-0.05, 0) is 55.3 Å². The van der Waals surface area contributed by atoms with E-state index >= 15 is 0 Å². The second-order valence-corrected chi connectivity index (χ2v) is 11.1. The summed E-state index contributed by atoms with van der Waals surface area (Å²) >= 11 is 3.45. The van der Waals surface area contributed by atoms with Gasteiger partial charge in [-0.2, -0.15) is 15.0 Å². The van der Waals surface area contributed by atoms with Gasteiger partial charge in [0.25, 0.3) is 5.56 Å². The van der Waals surface area contributed by atoms with Crippen molar-refractivity contribution >= 4 is 33.0 Å². The molecule has 4 rings (SSSR count). The van der Waals surface area contributed by atoms with Crippen molar-refractivity contribution in [2.45, 2.75) is 46.1 Å². The molecule has 0 fully saturated rings. The first kappa shape index (κ1) is 28.8. The Balaban J connectivity index is 1.79. The predicted molar refractivity (Wildman–Crippen MR) is 162 cm³/mol. The molecule has 204 valence electrons. The second-order valence-electron chi connectivity index (χ2n) is 10.2. The van der Waals surface area contributed by atoms with Crippen LogP contribution in [0.1, 0.15) is 55.8 Å². The number of nitriles is 1. The lowest BCUT2D eigenvalue weighted by Crippen LogP contribution is -2.29. The average Bonchev–Trinajstić information content (AvgIpc) is 2.92. The summed E-state index contributed by atoms with van der Waals surface area (Å²) < 4.78 is 14.3. The van der Waals surface area contributed by atoms with Crippen molar-refractivity contribution in [3.8, 4) is 17.6 Å². The van der Waals surface area contributed by atoms with Crippen LogP contribution in [0.25, 0.3) is 10.9 Å². The van der Waals surface area contributed by atoms with Crippen LogP contribution in [-0.4, -0.2) is 22.5 Å². The van der Waals surface area contributed by atoms with E-state index in [0.29, 0.717) is 46.8 Å². The van der Waals surface area contributed by atoms with E-state index in [0.717, 1.165) is 21.2 Å². The molecule has 0 bridgehead atoms. The maximum atomic E-state index is 13.5. The first-order chi connectivity index (χ1) is 19.2. The van der Waals surface area contributed by atoms with Gasteiger partial charge >= 0.3 is 0 Å². The number of allylic oxidation sites excluding steroid dienone is 1. The van der Waals surface area contributed by atoms with E-state index in [1.54, 1.807) is 24.4 Å². The molecule has 0 aliphatic heterocycles. The SMILES string of the molecule is C=CCc1cc(C=Nn2c(C(C)(C)C)nc3ccc(Br)cc3c2=O)cc(OCC)c1OCc1ccccc1C#N. The van der Waals surface area contributed by atoms with Crippen molar-refractivity contribution in [2.75, 3.05) is 6.61 Å². The highest BCUT2D eigenvalue weighted by molar-refractivity contribution is 9.10. The minimum absolute atomic E-state index is 0.212. The molecular weight excluding hydrogens is 568 g/mol. The van der Waals surface area contributed by atoms with Crippen molar-refractivity contribution in [1.29, 1.82) is 5.26 Å². The summed E-state index contributed by atoms with van der Waals surface area (Å²) in [4.78, 5) is 18.3. The summed E-state index contributed by atoms with van der Waals surface area (Å²) in [7, 11) is 0. The zero-order chi connectivity index (χ0) is 28.9. The van der Waals surface area contributed by atoms with Crippen molar-refractivity contribution in [2.24, 2.45) is 5.10 Å². The van der Waals surface area contributed by atoms with Gasteiger partial charge < -0.3 is 9.47 Å². The van der Waals surface area contributed by atoms with Crippen molar-refractivity contribution < 1.29 is 9.47 Å². The molecule has 0 unspecified atom stereocenters. The summed E-state index contributed by atoms with van der Waals surface area (Å²) in [6.45, 7) is 12.4. The fraction of sp³-hybridized carbons (Fsp3) is 0.250. The third-order valence-electron chi connectivity index (χ3n) is 6.13. The van der Waals surface area contributed by atoms with Crippen LogP contribution in [0.5, 0.6) is 11.5 Å². The quantitative estimate of drug-likeness (QED) is 0.154. The van der Waals surface area contributed by atoms with Crippen LogP contribution in [0.4, 0.5) is 0 Å². The third kappa shape index (κ3) is 6.32. The first-order valence-corrected chi connectivity index (χ1v) is 13.7. The summed E-state index contributed by atoms with van der Waals surface area (Å²) in [5.41, 5.74) is 2.86. The van der Waals surface area contributed by atoms with Gasteiger partial charge in [0.1, 0.15) is 12.4 Å². The van der Waals surface area contributed by atoms with Gasteiger partial charge in [0.05, 0.1) is 35.4 Å². The fourth-order valence-electron chi connectivity index (χ4n) is 4.26. The van der Waals surface area contributed by atoms with E-state index in [1.165, 1.54) is 4.68 Å². The van der Waals surface area contributed by atoms with Crippen LogP contribution in [0.2, 0.25) is 0 Å². The van der Waals surface area contributed by atoms with Gasteiger partial charge in [-0.15, -0.1) is 6.58 Å². The van der Waals surface area contributed by atoms with E-state index in [1.807, 2.05) is 70.2 Å². The summed E-state index contributed by atoms with van der Waals surface area (Å²) in [6, 6.07) is 18.8. The smallest absolute Gasteiger partial charge is 0.282 e. The maximum Gasteiger partial charge on any atom is 0.282 e. The van der Waals surface area contributed by atoms with Gasteiger partial charge in [0.15, 0.2) is 11.5 Å². The molecule has 1 heterocycles. The highest BCUT2D eigenvalue weighted by Crippen LogP contribution is 2.34. The van der Waals surface area contributed by atoms with E-state index in [9.17, 15) is 10.1 Å². The molecule has 0 radical (unpaired) electrons. The Morgan fingerprint density at radius 2 is 1.90 bits per heavy atom. The lowest BCUT2D eigenvalue weighted by atomic mass is 9.95. The van der Waals surface area contributed by atoms with Crippen LogP contribution >= 0.6 is 15.9 Å². The van der Waals surface area contributed by atoms with Crippen LogP contribution < -0.4 is 15.0 Å². The Morgan fingerprint density at radius 3 is 2.60 bits per heavy atom. The van der Waals surface area contributed by atoms with E-state index < -0.39 is 5.41 Å². The molecule has 0 N–H and O–H groups in total. The maximum absolute atomic E-state index is 13.5. The molecule has 3 aromatic carbocycles. The monoisotopic (exact) mass is 598 g/mol. The highest BCUT2D eigenvalue weighted by atomic mass is 79.9. The molecule has 1 aromatic heterocycles. The largest absolute Gasteiger partial charge is 0.490 e. The highest BCUT2D eigenvalue weighted by Gasteiger charge is 2.23. The molecule has 0 saturated heterocycles. The molecule has 0 saturated carbocycles. The lowest BCUT2D eigenvalue weighted by Gasteiger charge is -2.21. The van der Waals surface area contributed by atoms with Crippen LogP contribution in [0.3, 0.4) is 0 Å².